The lowest BCUT2D eigenvalue weighted by Crippen LogP contribution is -1.97. The second-order valence-corrected chi connectivity index (χ2v) is 5.51. The zero-order chi connectivity index (χ0) is 13.4. The molecule has 1 aromatic carbocycles. The van der Waals surface area contributed by atoms with Crippen LogP contribution in [0.2, 0.25) is 0 Å². The first-order valence-electron chi connectivity index (χ1n) is 7.18. The van der Waals surface area contributed by atoms with Crippen LogP contribution in [0.15, 0.2) is 12.1 Å². The molecule has 1 atom stereocenters. The maximum absolute atomic E-state index is 5.80. The highest BCUT2D eigenvalue weighted by Gasteiger charge is 2.08. The van der Waals surface area contributed by atoms with Crippen molar-refractivity contribution in [3.63, 3.8) is 0 Å². The van der Waals surface area contributed by atoms with Crippen molar-refractivity contribution in [1.29, 1.82) is 0 Å². The van der Waals surface area contributed by atoms with Gasteiger partial charge in [-0.05, 0) is 62.0 Å². The first kappa shape index (κ1) is 18.4. The van der Waals surface area contributed by atoms with Crippen molar-refractivity contribution in [3.8, 4) is 5.75 Å². The van der Waals surface area contributed by atoms with Gasteiger partial charge in [0.2, 0.25) is 0 Å². The number of hydrogen-bond acceptors (Lipinski definition) is 1. The summed E-state index contributed by atoms with van der Waals surface area (Å²) in [6.07, 6.45) is 7.39. The van der Waals surface area contributed by atoms with E-state index in [9.17, 15) is 0 Å². The SMILES string of the molecule is C.CCCCc1cc(CCCC)c(OPC)cc1C. The molecule has 0 aromatic heterocycles. The van der Waals surface area contributed by atoms with E-state index in [1.807, 2.05) is 0 Å². The Bertz CT molecular complexity index is 361. The van der Waals surface area contributed by atoms with Crippen LogP contribution in [0, 0.1) is 6.92 Å². The van der Waals surface area contributed by atoms with Crippen molar-refractivity contribution >= 4 is 8.81 Å². The molecule has 2 heteroatoms. The molecule has 1 unspecified atom stereocenters. The summed E-state index contributed by atoms with van der Waals surface area (Å²) in [6, 6.07) is 4.63. The molecule has 1 aromatic rings. The molecule has 0 saturated carbocycles. The quantitative estimate of drug-likeness (QED) is 0.538. The standard InChI is InChI=1S/C16H27OP.CH4/c1-5-7-9-14-12-15(10-8-6-2)16(17-18-4)11-13(14)3;/h11-12,18H,5-10H2,1-4H3;1H4. The molecule has 0 aliphatic rings. The summed E-state index contributed by atoms with van der Waals surface area (Å²) in [6.45, 7) is 8.79. The van der Waals surface area contributed by atoms with Gasteiger partial charge in [0.05, 0.1) is 8.81 Å². The first-order chi connectivity index (χ1) is 8.72. The monoisotopic (exact) mass is 282 g/mol. The number of unbranched alkanes of at least 4 members (excludes halogenated alkanes) is 2. The highest BCUT2D eigenvalue weighted by Crippen LogP contribution is 2.29. The summed E-state index contributed by atoms with van der Waals surface area (Å²) in [5.41, 5.74) is 4.30. The summed E-state index contributed by atoms with van der Waals surface area (Å²) in [5.74, 6) is 1.11. The number of benzene rings is 1. The zero-order valence-corrected chi connectivity index (χ0v) is 13.3. The van der Waals surface area contributed by atoms with E-state index in [0.29, 0.717) is 8.81 Å². The fourth-order valence-electron chi connectivity index (χ4n) is 2.18. The predicted molar refractivity (Wildman–Crippen MR) is 90.0 cm³/mol. The van der Waals surface area contributed by atoms with E-state index in [2.05, 4.69) is 39.6 Å². The minimum Gasteiger partial charge on any atom is -0.477 e. The normalized spacial score (nSPS) is 10.7. The lowest BCUT2D eigenvalue weighted by atomic mass is 9.97. The molecule has 0 N–H and O–H groups in total. The average Bonchev–Trinajstić information content (AvgIpc) is 2.37. The highest BCUT2D eigenvalue weighted by atomic mass is 31.1. The highest BCUT2D eigenvalue weighted by molar-refractivity contribution is 7.31. The Morgan fingerprint density at radius 2 is 1.58 bits per heavy atom. The van der Waals surface area contributed by atoms with Gasteiger partial charge in [0.1, 0.15) is 5.75 Å². The van der Waals surface area contributed by atoms with E-state index < -0.39 is 0 Å². The van der Waals surface area contributed by atoms with Gasteiger partial charge in [-0.25, -0.2) is 0 Å². The topological polar surface area (TPSA) is 9.23 Å². The van der Waals surface area contributed by atoms with Crippen molar-refractivity contribution in [2.45, 2.75) is 66.7 Å². The van der Waals surface area contributed by atoms with Gasteiger partial charge in [-0.3, -0.25) is 0 Å². The maximum Gasteiger partial charge on any atom is 0.126 e. The summed E-state index contributed by atoms with van der Waals surface area (Å²) < 4.78 is 5.80. The van der Waals surface area contributed by atoms with E-state index in [0.717, 1.165) is 12.2 Å². The molecule has 1 nitrogen and oxygen atoms in total. The van der Waals surface area contributed by atoms with Crippen LogP contribution in [0.4, 0.5) is 0 Å². The number of hydrogen-bond donors (Lipinski definition) is 0. The molecule has 0 saturated heterocycles. The van der Waals surface area contributed by atoms with Crippen LogP contribution in [-0.2, 0) is 12.8 Å². The predicted octanol–water partition coefficient (Wildman–Crippen LogP) is 5.92. The van der Waals surface area contributed by atoms with Crippen LogP contribution in [0.1, 0.15) is 63.6 Å². The van der Waals surface area contributed by atoms with Gasteiger partial charge in [0.15, 0.2) is 0 Å². The molecule has 0 spiro atoms. The molecule has 0 bridgehead atoms. The van der Waals surface area contributed by atoms with Gasteiger partial charge in [0.25, 0.3) is 0 Å². The van der Waals surface area contributed by atoms with E-state index in [-0.39, 0.29) is 7.43 Å². The molecule has 0 aliphatic carbocycles. The Hall–Kier alpha value is -0.550. The smallest absolute Gasteiger partial charge is 0.126 e. The van der Waals surface area contributed by atoms with Crippen molar-refractivity contribution in [3.05, 3.63) is 28.8 Å². The Morgan fingerprint density at radius 1 is 1.00 bits per heavy atom. The molecule has 19 heavy (non-hydrogen) atoms. The van der Waals surface area contributed by atoms with Crippen molar-refractivity contribution in [2.24, 2.45) is 0 Å². The van der Waals surface area contributed by atoms with Crippen molar-refractivity contribution < 1.29 is 4.52 Å². The molecule has 0 aliphatic heterocycles. The summed E-state index contributed by atoms with van der Waals surface area (Å²) in [7, 11) is 0.531. The Morgan fingerprint density at radius 3 is 2.11 bits per heavy atom. The first-order valence-corrected chi connectivity index (χ1v) is 8.59. The number of rotatable bonds is 8. The number of aryl methyl sites for hydroxylation is 3. The van der Waals surface area contributed by atoms with E-state index in [1.54, 1.807) is 0 Å². The van der Waals surface area contributed by atoms with Crippen LogP contribution < -0.4 is 4.52 Å². The maximum atomic E-state index is 5.80. The summed E-state index contributed by atoms with van der Waals surface area (Å²) >= 11 is 0. The van der Waals surface area contributed by atoms with E-state index in [1.165, 1.54) is 48.8 Å². The van der Waals surface area contributed by atoms with Crippen LogP contribution in [0.5, 0.6) is 5.75 Å². The van der Waals surface area contributed by atoms with Gasteiger partial charge < -0.3 is 4.52 Å². The Labute approximate surface area is 122 Å². The van der Waals surface area contributed by atoms with Crippen molar-refractivity contribution in [1.82, 2.24) is 0 Å². The molecule has 0 fully saturated rings. The zero-order valence-electron chi connectivity index (χ0n) is 12.3. The van der Waals surface area contributed by atoms with Crippen LogP contribution in [0.3, 0.4) is 0 Å². The van der Waals surface area contributed by atoms with Crippen molar-refractivity contribution in [2.75, 3.05) is 6.66 Å². The molecule has 0 heterocycles. The fourth-order valence-corrected chi connectivity index (χ4v) is 2.59. The largest absolute Gasteiger partial charge is 0.477 e. The third-order valence-corrected chi connectivity index (χ3v) is 3.75. The third kappa shape index (κ3) is 5.95. The second-order valence-electron chi connectivity index (χ2n) is 4.90. The average molecular weight is 282 g/mol. The third-order valence-electron chi connectivity index (χ3n) is 3.33. The van der Waals surface area contributed by atoms with Crippen LogP contribution in [-0.4, -0.2) is 6.66 Å². The lowest BCUT2D eigenvalue weighted by molar-refractivity contribution is 0.616. The Kier molecular flexibility index (Phi) is 9.97. The van der Waals surface area contributed by atoms with Gasteiger partial charge in [-0.2, -0.15) is 0 Å². The van der Waals surface area contributed by atoms with E-state index in [4.69, 9.17) is 4.52 Å². The summed E-state index contributed by atoms with van der Waals surface area (Å²) in [5, 5.41) is 0. The van der Waals surface area contributed by atoms with Gasteiger partial charge in [-0.15, -0.1) is 0 Å². The molecule has 1 rings (SSSR count). The van der Waals surface area contributed by atoms with E-state index >= 15 is 0 Å². The second kappa shape index (κ2) is 10.3. The Balaban J connectivity index is 0.00000324. The molecular weight excluding hydrogens is 251 g/mol. The minimum atomic E-state index is 0. The molecule has 0 radical (unpaired) electrons. The molecular formula is C17H31OP. The minimum absolute atomic E-state index is 0. The fraction of sp³-hybridized carbons (Fsp3) is 0.647. The molecule has 110 valence electrons. The molecule has 0 amide bonds. The van der Waals surface area contributed by atoms with Gasteiger partial charge in [0, 0.05) is 0 Å². The lowest BCUT2D eigenvalue weighted by Gasteiger charge is -2.14. The van der Waals surface area contributed by atoms with Gasteiger partial charge >= 0.3 is 0 Å². The van der Waals surface area contributed by atoms with Crippen LogP contribution >= 0.6 is 8.81 Å². The van der Waals surface area contributed by atoms with Crippen LogP contribution in [0.25, 0.3) is 0 Å². The summed E-state index contributed by atoms with van der Waals surface area (Å²) in [4.78, 5) is 0. The van der Waals surface area contributed by atoms with Gasteiger partial charge in [-0.1, -0.05) is 40.2 Å².